The Labute approximate surface area is 136 Å². The second-order valence-electron chi connectivity index (χ2n) is 5.99. The summed E-state index contributed by atoms with van der Waals surface area (Å²) in [6, 6.07) is 6.24. The van der Waals surface area contributed by atoms with E-state index in [1.165, 1.54) is 12.6 Å². The van der Waals surface area contributed by atoms with E-state index in [4.69, 9.17) is 4.74 Å². The molecule has 0 atom stereocenters. The van der Waals surface area contributed by atoms with Crippen molar-refractivity contribution in [1.82, 2.24) is 14.5 Å². The fourth-order valence-corrected chi connectivity index (χ4v) is 3.13. The predicted molar refractivity (Wildman–Crippen MR) is 90.6 cm³/mol. The van der Waals surface area contributed by atoms with Gasteiger partial charge in [-0.15, -0.1) is 0 Å². The van der Waals surface area contributed by atoms with Crippen LogP contribution >= 0.6 is 0 Å². The van der Waals surface area contributed by atoms with Gasteiger partial charge in [-0.1, -0.05) is 6.07 Å². The highest BCUT2D eigenvalue weighted by Gasteiger charge is 2.20. The Balaban J connectivity index is 2.00. The fourth-order valence-electron chi connectivity index (χ4n) is 3.13. The van der Waals surface area contributed by atoms with Crippen molar-refractivity contribution in [3.63, 3.8) is 0 Å². The number of piperazine rings is 1. The first-order valence-electron chi connectivity index (χ1n) is 8.15. The van der Waals surface area contributed by atoms with Gasteiger partial charge in [0.25, 0.3) is 0 Å². The number of rotatable bonds is 4. The van der Waals surface area contributed by atoms with Crippen LogP contribution in [-0.2, 0) is 22.7 Å². The highest BCUT2D eigenvalue weighted by Crippen LogP contribution is 2.29. The number of anilines is 1. The molecule has 0 spiro atoms. The van der Waals surface area contributed by atoms with Crippen LogP contribution in [0, 0.1) is 0 Å². The average Bonchev–Trinajstić information content (AvgIpc) is 2.91. The second-order valence-corrected chi connectivity index (χ2v) is 5.99. The Kier molecular flexibility index (Phi) is 4.52. The summed E-state index contributed by atoms with van der Waals surface area (Å²) in [7, 11) is 2.16. The molecule has 3 rings (SSSR count). The summed E-state index contributed by atoms with van der Waals surface area (Å²) in [5.41, 5.74) is 3.33. The first-order valence-corrected chi connectivity index (χ1v) is 8.15. The maximum absolute atomic E-state index is 11.1. The molecule has 0 N–H and O–H groups in total. The van der Waals surface area contributed by atoms with E-state index in [0.717, 1.165) is 49.6 Å². The third kappa shape index (κ3) is 3.17. The minimum atomic E-state index is -0.279. The van der Waals surface area contributed by atoms with Gasteiger partial charge in [-0.3, -0.25) is 4.79 Å². The Morgan fingerprint density at radius 3 is 2.65 bits per heavy atom. The van der Waals surface area contributed by atoms with Gasteiger partial charge in [-0.05, 0) is 26.1 Å². The maximum atomic E-state index is 11.1. The summed E-state index contributed by atoms with van der Waals surface area (Å²) in [4.78, 5) is 20.5. The van der Waals surface area contributed by atoms with E-state index in [1.54, 1.807) is 0 Å². The summed E-state index contributed by atoms with van der Waals surface area (Å²) >= 11 is 0. The van der Waals surface area contributed by atoms with Crippen LogP contribution in [0.4, 0.5) is 5.69 Å². The van der Waals surface area contributed by atoms with Gasteiger partial charge >= 0.3 is 5.97 Å². The largest absolute Gasteiger partial charge is 0.458 e. The van der Waals surface area contributed by atoms with Crippen molar-refractivity contribution in [3.05, 3.63) is 24.0 Å². The van der Waals surface area contributed by atoms with Crippen LogP contribution in [0.2, 0.25) is 0 Å². The molecule has 0 radical (unpaired) electrons. The Hall–Kier alpha value is -2.08. The molecule has 0 bridgehead atoms. The highest BCUT2D eigenvalue weighted by atomic mass is 16.5. The van der Waals surface area contributed by atoms with E-state index < -0.39 is 0 Å². The third-order valence-corrected chi connectivity index (χ3v) is 4.39. The molecule has 6 nitrogen and oxygen atoms in total. The number of esters is 1. The van der Waals surface area contributed by atoms with E-state index in [0.29, 0.717) is 0 Å². The zero-order valence-electron chi connectivity index (χ0n) is 14.1. The van der Waals surface area contributed by atoms with Gasteiger partial charge in [0.05, 0.1) is 16.7 Å². The average molecular weight is 316 g/mol. The van der Waals surface area contributed by atoms with Crippen LogP contribution in [0.1, 0.15) is 19.7 Å². The number of para-hydroxylation sites is 1. The summed E-state index contributed by atoms with van der Waals surface area (Å²) in [6.45, 7) is 8.72. The molecule has 2 aromatic rings. The lowest BCUT2D eigenvalue weighted by Crippen LogP contribution is -2.44. The lowest BCUT2D eigenvalue weighted by Gasteiger charge is -2.34. The minimum Gasteiger partial charge on any atom is -0.458 e. The number of fused-ring (bicyclic) bond motifs is 1. The van der Waals surface area contributed by atoms with Crippen molar-refractivity contribution < 1.29 is 9.53 Å². The van der Waals surface area contributed by atoms with E-state index in [-0.39, 0.29) is 12.6 Å². The van der Waals surface area contributed by atoms with E-state index >= 15 is 0 Å². The summed E-state index contributed by atoms with van der Waals surface area (Å²) in [5.74, 6) is 0.526. The van der Waals surface area contributed by atoms with Crippen LogP contribution < -0.4 is 4.90 Å². The number of carbonyl (C=O) groups is 1. The van der Waals surface area contributed by atoms with E-state index in [1.807, 2.05) is 6.07 Å². The monoisotopic (exact) mass is 316 g/mol. The molecule has 124 valence electrons. The summed E-state index contributed by atoms with van der Waals surface area (Å²) < 4.78 is 7.32. The number of imidazole rings is 1. The number of aryl methyl sites for hydroxylation is 1. The molecule has 1 saturated heterocycles. The summed E-state index contributed by atoms with van der Waals surface area (Å²) in [5, 5.41) is 0. The molecule has 1 aromatic heterocycles. The van der Waals surface area contributed by atoms with Gasteiger partial charge in [-0.2, -0.15) is 0 Å². The van der Waals surface area contributed by atoms with Crippen molar-refractivity contribution in [1.29, 1.82) is 0 Å². The SMILES string of the molecule is CCn1c(COC(C)=O)nc2cccc(N3CCN(C)CC3)c21. The predicted octanol–water partition coefficient (Wildman–Crippen LogP) is 1.87. The first kappa shape index (κ1) is 15.8. The number of likely N-dealkylation sites (N-methyl/N-ethyl adjacent to an activating group) is 1. The lowest BCUT2D eigenvalue weighted by atomic mass is 10.2. The number of ether oxygens (including phenoxy) is 1. The Morgan fingerprint density at radius 2 is 2.00 bits per heavy atom. The molecule has 2 heterocycles. The lowest BCUT2D eigenvalue weighted by molar-refractivity contribution is -0.142. The van der Waals surface area contributed by atoms with Crippen molar-refractivity contribution in [2.45, 2.75) is 27.0 Å². The molecule has 23 heavy (non-hydrogen) atoms. The van der Waals surface area contributed by atoms with Crippen molar-refractivity contribution in [2.75, 3.05) is 38.1 Å². The molecule has 1 aromatic carbocycles. The Bertz CT molecular complexity index is 702. The molecule has 1 aliphatic rings. The zero-order chi connectivity index (χ0) is 16.4. The van der Waals surface area contributed by atoms with Crippen LogP contribution in [0.3, 0.4) is 0 Å². The Morgan fingerprint density at radius 1 is 1.26 bits per heavy atom. The van der Waals surface area contributed by atoms with E-state index in [2.05, 4.69) is 45.5 Å². The molecular weight excluding hydrogens is 292 g/mol. The van der Waals surface area contributed by atoms with Crippen molar-refractivity contribution >= 4 is 22.7 Å². The molecular formula is C17H24N4O2. The molecule has 0 unspecified atom stereocenters. The number of aromatic nitrogens is 2. The minimum absolute atomic E-state index is 0.222. The van der Waals surface area contributed by atoms with Crippen molar-refractivity contribution in [2.24, 2.45) is 0 Å². The smallest absolute Gasteiger partial charge is 0.303 e. The van der Waals surface area contributed by atoms with Gasteiger partial charge < -0.3 is 19.1 Å². The normalized spacial score (nSPS) is 16.0. The van der Waals surface area contributed by atoms with Crippen LogP contribution in [0.5, 0.6) is 0 Å². The number of hydrogen-bond donors (Lipinski definition) is 0. The molecule has 0 saturated carbocycles. The van der Waals surface area contributed by atoms with Gasteiger partial charge in [0, 0.05) is 39.6 Å². The highest BCUT2D eigenvalue weighted by molar-refractivity contribution is 5.89. The number of carbonyl (C=O) groups excluding carboxylic acids is 1. The van der Waals surface area contributed by atoms with E-state index in [9.17, 15) is 4.79 Å². The number of hydrogen-bond acceptors (Lipinski definition) is 5. The molecule has 0 aliphatic carbocycles. The standard InChI is InChI=1S/C17H24N4O2/c1-4-21-16(12-23-13(2)22)18-14-6-5-7-15(17(14)21)20-10-8-19(3)9-11-20/h5-7H,4,8-12H2,1-3H3. The number of benzene rings is 1. The first-order chi connectivity index (χ1) is 11.1. The second kappa shape index (κ2) is 6.58. The van der Waals surface area contributed by atoms with Crippen molar-refractivity contribution in [3.8, 4) is 0 Å². The van der Waals surface area contributed by atoms with Crippen LogP contribution in [0.25, 0.3) is 11.0 Å². The number of nitrogens with zero attached hydrogens (tertiary/aromatic N) is 4. The van der Waals surface area contributed by atoms with Crippen LogP contribution in [-0.4, -0.2) is 53.6 Å². The van der Waals surface area contributed by atoms with Gasteiger partial charge in [-0.25, -0.2) is 4.98 Å². The quantitative estimate of drug-likeness (QED) is 0.806. The molecule has 1 aliphatic heterocycles. The molecule has 0 amide bonds. The maximum Gasteiger partial charge on any atom is 0.303 e. The zero-order valence-corrected chi connectivity index (χ0v) is 14.1. The van der Waals surface area contributed by atoms with Gasteiger partial charge in [0.1, 0.15) is 12.4 Å². The van der Waals surface area contributed by atoms with Gasteiger partial charge in [0.15, 0.2) is 0 Å². The third-order valence-electron chi connectivity index (χ3n) is 4.39. The van der Waals surface area contributed by atoms with Gasteiger partial charge in [0.2, 0.25) is 0 Å². The topological polar surface area (TPSA) is 50.6 Å². The fraction of sp³-hybridized carbons (Fsp3) is 0.529. The summed E-state index contributed by atoms with van der Waals surface area (Å²) in [6.07, 6.45) is 0. The molecule has 1 fully saturated rings. The molecule has 6 heteroatoms. The van der Waals surface area contributed by atoms with Crippen LogP contribution in [0.15, 0.2) is 18.2 Å².